The van der Waals surface area contributed by atoms with Crippen LogP contribution in [0.2, 0.25) is 5.02 Å². The third kappa shape index (κ3) is 5.62. The predicted octanol–water partition coefficient (Wildman–Crippen LogP) is 4.90. The fourth-order valence-electron chi connectivity index (χ4n) is 4.30. The van der Waals surface area contributed by atoms with Crippen molar-refractivity contribution in [1.29, 1.82) is 0 Å². The van der Waals surface area contributed by atoms with Crippen LogP contribution >= 0.6 is 23.2 Å². The van der Waals surface area contributed by atoms with Crippen molar-refractivity contribution >= 4 is 40.9 Å². The predicted molar refractivity (Wildman–Crippen MR) is 132 cm³/mol. The molecule has 0 aromatic heterocycles. The fourth-order valence-corrected chi connectivity index (χ4v) is 4.74. The molecule has 0 radical (unpaired) electrons. The van der Waals surface area contributed by atoms with Crippen LogP contribution in [0.5, 0.6) is 0 Å². The quantitative estimate of drug-likeness (QED) is 0.419. The Kier molecular flexibility index (Phi) is 7.91. The van der Waals surface area contributed by atoms with Gasteiger partial charge in [0, 0.05) is 23.2 Å². The topological polar surface area (TPSA) is 78.5 Å². The van der Waals surface area contributed by atoms with Crippen molar-refractivity contribution < 1.29 is 14.4 Å². The average molecular weight is 500 g/mol. The maximum Gasteiger partial charge on any atom is 0.278 e. The van der Waals surface area contributed by atoms with E-state index < -0.39 is 11.8 Å². The van der Waals surface area contributed by atoms with Gasteiger partial charge >= 0.3 is 0 Å². The second-order valence-electron chi connectivity index (χ2n) is 8.69. The molecule has 2 aromatic rings. The largest absolute Gasteiger partial charge is 0.375 e. The molecule has 34 heavy (non-hydrogen) atoms. The fraction of sp³-hybridized carbons (Fsp3) is 0.346. The second kappa shape index (κ2) is 11.1. The first-order chi connectivity index (χ1) is 16.4. The first-order valence-electron chi connectivity index (χ1n) is 11.6. The maximum absolute atomic E-state index is 12.8. The highest BCUT2D eigenvalue weighted by Crippen LogP contribution is 2.26. The first-order valence-corrected chi connectivity index (χ1v) is 12.3. The van der Waals surface area contributed by atoms with Gasteiger partial charge in [-0.05, 0) is 42.2 Å². The molecule has 6 nitrogen and oxygen atoms in total. The Balaban J connectivity index is 1.34. The average Bonchev–Trinajstić information content (AvgIpc) is 3.02. The number of imide groups is 1. The lowest BCUT2D eigenvalue weighted by Gasteiger charge is -2.16. The Hall–Kier alpha value is -2.83. The molecule has 0 bridgehead atoms. The Bertz CT molecular complexity index is 1110. The summed E-state index contributed by atoms with van der Waals surface area (Å²) >= 11 is 12.3. The highest BCUT2D eigenvalue weighted by Gasteiger charge is 2.37. The van der Waals surface area contributed by atoms with Gasteiger partial charge in [-0.2, -0.15) is 0 Å². The second-order valence-corrected chi connectivity index (χ2v) is 9.47. The van der Waals surface area contributed by atoms with E-state index >= 15 is 0 Å². The molecule has 0 spiro atoms. The molecule has 8 heteroatoms. The normalized spacial score (nSPS) is 17.2. The highest BCUT2D eigenvalue weighted by molar-refractivity contribution is 6.47. The number of hydrogen-bond acceptors (Lipinski definition) is 4. The molecule has 4 rings (SSSR count). The van der Waals surface area contributed by atoms with E-state index in [1.165, 1.54) is 12.8 Å². The molecule has 2 aromatic carbocycles. The van der Waals surface area contributed by atoms with Gasteiger partial charge in [0.15, 0.2) is 0 Å². The standard InChI is InChI=1S/C26H27Cl2N3O3/c27-21-10-6-5-7-19(21)16-31-25(33)22(28)23(26(31)34)29-15-17-11-13-18(14-12-17)24(32)30-20-8-3-1-2-4-9-20/h5-7,10-14,20,29H,1-4,8-9,15-16H2,(H,30,32). The number of halogens is 2. The number of rotatable bonds is 7. The van der Waals surface area contributed by atoms with Crippen LogP contribution in [0.15, 0.2) is 59.3 Å². The van der Waals surface area contributed by atoms with Gasteiger partial charge < -0.3 is 10.6 Å². The number of carbonyl (C=O) groups is 3. The van der Waals surface area contributed by atoms with E-state index in [1.807, 2.05) is 12.1 Å². The Morgan fingerprint density at radius 1 is 0.912 bits per heavy atom. The van der Waals surface area contributed by atoms with E-state index in [4.69, 9.17) is 23.2 Å². The Labute approximate surface area is 209 Å². The monoisotopic (exact) mass is 499 g/mol. The van der Waals surface area contributed by atoms with E-state index in [-0.39, 0.29) is 35.8 Å². The summed E-state index contributed by atoms with van der Waals surface area (Å²) in [5.41, 5.74) is 2.18. The van der Waals surface area contributed by atoms with Gasteiger partial charge in [0.1, 0.15) is 10.7 Å². The van der Waals surface area contributed by atoms with E-state index in [0.717, 1.165) is 36.1 Å². The molecule has 2 N–H and O–H groups in total. The molecule has 1 aliphatic heterocycles. The van der Waals surface area contributed by atoms with Gasteiger partial charge in [-0.1, -0.05) is 79.2 Å². The lowest BCUT2D eigenvalue weighted by molar-refractivity contribution is -0.138. The third-order valence-corrected chi connectivity index (χ3v) is 6.99. The van der Waals surface area contributed by atoms with Crippen molar-refractivity contribution in [2.45, 2.75) is 57.7 Å². The molecule has 1 saturated carbocycles. The third-order valence-electron chi connectivity index (χ3n) is 6.27. The van der Waals surface area contributed by atoms with Gasteiger partial charge in [-0.3, -0.25) is 19.3 Å². The molecule has 1 aliphatic carbocycles. The van der Waals surface area contributed by atoms with Gasteiger partial charge in [0.2, 0.25) is 0 Å². The highest BCUT2D eigenvalue weighted by atomic mass is 35.5. The van der Waals surface area contributed by atoms with Crippen LogP contribution in [-0.4, -0.2) is 28.7 Å². The summed E-state index contributed by atoms with van der Waals surface area (Å²) < 4.78 is 0. The van der Waals surface area contributed by atoms with Crippen LogP contribution in [0, 0.1) is 0 Å². The maximum atomic E-state index is 12.8. The summed E-state index contributed by atoms with van der Waals surface area (Å²) in [5.74, 6) is -1.11. The first kappa shape index (κ1) is 24.3. The van der Waals surface area contributed by atoms with Crippen molar-refractivity contribution in [3.63, 3.8) is 0 Å². The van der Waals surface area contributed by atoms with Gasteiger partial charge in [0.05, 0.1) is 6.54 Å². The van der Waals surface area contributed by atoms with Crippen molar-refractivity contribution in [2.75, 3.05) is 0 Å². The zero-order chi connectivity index (χ0) is 24.1. The molecule has 0 atom stereocenters. The minimum absolute atomic E-state index is 0.0452. The number of carbonyl (C=O) groups excluding carboxylic acids is 3. The van der Waals surface area contributed by atoms with Gasteiger partial charge in [-0.15, -0.1) is 0 Å². The van der Waals surface area contributed by atoms with E-state index in [0.29, 0.717) is 16.1 Å². The molecular formula is C26H27Cl2N3O3. The van der Waals surface area contributed by atoms with Crippen molar-refractivity contribution in [3.05, 3.63) is 81.0 Å². The molecule has 2 aliphatic rings. The molecule has 178 valence electrons. The van der Waals surface area contributed by atoms with E-state index in [9.17, 15) is 14.4 Å². The number of hydrogen-bond donors (Lipinski definition) is 2. The van der Waals surface area contributed by atoms with Gasteiger partial charge in [0.25, 0.3) is 17.7 Å². The number of nitrogens with zero attached hydrogens (tertiary/aromatic N) is 1. The van der Waals surface area contributed by atoms with Crippen LogP contribution in [0.4, 0.5) is 0 Å². The summed E-state index contributed by atoms with van der Waals surface area (Å²) in [6, 6.07) is 14.5. The Morgan fingerprint density at radius 3 is 2.26 bits per heavy atom. The van der Waals surface area contributed by atoms with Crippen LogP contribution in [-0.2, 0) is 22.7 Å². The molecule has 1 fully saturated rings. The molecule has 3 amide bonds. The smallest absolute Gasteiger partial charge is 0.278 e. The van der Waals surface area contributed by atoms with Crippen LogP contribution < -0.4 is 10.6 Å². The zero-order valence-corrected chi connectivity index (χ0v) is 20.3. The molecular weight excluding hydrogens is 473 g/mol. The van der Waals surface area contributed by atoms with Crippen molar-refractivity contribution in [1.82, 2.24) is 15.5 Å². The van der Waals surface area contributed by atoms with Crippen LogP contribution in [0.1, 0.15) is 60.0 Å². The number of amides is 3. The lowest BCUT2D eigenvalue weighted by Crippen LogP contribution is -2.34. The van der Waals surface area contributed by atoms with E-state index in [2.05, 4.69) is 10.6 Å². The minimum Gasteiger partial charge on any atom is -0.375 e. The molecule has 0 saturated heterocycles. The van der Waals surface area contributed by atoms with Gasteiger partial charge in [-0.25, -0.2) is 0 Å². The molecule has 0 unspecified atom stereocenters. The number of nitrogens with one attached hydrogen (secondary N) is 2. The zero-order valence-electron chi connectivity index (χ0n) is 18.8. The van der Waals surface area contributed by atoms with Crippen LogP contribution in [0.25, 0.3) is 0 Å². The number of benzene rings is 2. The lowest BCUT2D eigenvalue weighted by atomic mass is 10.1. The summed E-state index contributed by atoms with van der Waals surface area (Å²) in [5, 5.41) is 6.46. The summed E-state index contributed by atoms with van der Waals surface area (Å²) in [6.07, 6.45) is 6.85. The summed E-state index contributed by atoms with van der Waals surface area (Å²) in [7, 11) is 0. The van der Waals surface area contributed by atoms with Crippen LogP contribution in [0.3, 0.4) is 0 Å². The SMILES string of the molecule is O=C(NC1CCCCCC1)c1ccc(CNC2=C(Cl)C(=O)N(Cc3ccccc3Cl)C2=O)cc1. The van der Waals surface area contributed by atoms with Crippen molar-refractivity contribution in [3.8, 4) is 0 Å². The summed E-state index contributed by atoms with van der Waals surface area (Å²) in [4.78, 5) is 39.0. The summed E-state index contributed by atoms with van der Waals surface area (Å²) in [6.45, 7) is 0.332. The molecule has 1 heterocycles. The minimum atomic E-state index is -0.556. The Morgan fingerprint density at radius 2 is 1.59 bits per heavy atom. The van der Waals surface area contributed by atoms with Crippen molar-refractivity contribution in [2.24, 2.45) is 0 Å². The van der Waals surface area contributed by atoms with E-state index in [1.54, 1.807) is 36.4 Å².